The Morgan fingerprint density at radius 3 is 2.45 bits per heavy atom. The first-order chi connectivity index (χ1) is 9.71. The highest BCUT2D eigenvalue weighted by molar-refractivity contribution is 5.49. The lowest BCUT2D eigenvalue weighted by Gasteiger charge is -2.17. The molecule has 1 atom stereocenters. The quantitative estimate of drug-likeness (QED) is 0.880. The van der Waals surface area contributed by atoms with E-state index in [2.05, 4.69) is 12.0 Å². The van der Waals surface area contributed by atoms with Gasteiger partial charge in [-0.1, -0.05) is 13.0 Å². The summed E-state index contributed by atoms with van der Waals surface area (Å²) in [6.45, 7) is 2.91. The fourth-order valence-corrected chi connectivity index (χ4v) is 2.19. The number of methoxy groups -OCH3 is 2. The summed E-state index contributed by atoms with van der Waals surface area (Å²) in [6.07, 6.45) is 3.69. The predicted molar refractivity (Wildman–Crippen MR) is 76.1 cm³/mol. The molecule has 0 spiro atoms. The molecule has 2 aromatic rings. The van der Waals surface area contributed by atoms with Crippen molar-refractivity contribution in [1.82, 2.24) is 9.78 Å². The highest BCUT2D eigenvalue weighted by Crippen LogP contribution is 2.36. The topological polar surface area (TPSA) is 56.5 Å². The molecule has 1 aromatic heterocycles. The number of benzene rings is 1. The van der Waals surface area contributed by atoms with Crippen LogP contribution >= 0.6 is 0 Å². The van der Waals surface area contributed by atoms with Gasteiger partial charge in [-0.25, -0.2) is 0 Å². The number of hydrogen-bond acceptors (Lipinski definition) is 4. The zero-order chi connectivity index (χ0) is 14.5. The van der Waals surface area contributed by atoms with E-state index >= 15 is 0 Å². The Morgan fingerprint density at radius 2 is 1.90 bits per heavy atom. The summed E-state index contributed by atoms with van der Waals surface area (Å²) < 4.78 is 12.5. The van der Waals surface area contributed by atoms with Crippen molar-refractivity contribution in [3.63, 3.8) is 0 Å². The van der Waals surface area contributed by atoms with Crippen LogP contribution in [0.5, 0.6) is 11.5 Å². The first kappa shape index (κ1) is 14.4. The average Bonchev–Trinajstić information content (AvgIpc) is 2.94. The minimum Gasteiger partial charge on any atom is -0.496 e. The molecule has 5 heteroatoms. The Hall–Kier alpha value is -2.01. The molecule has 0 bridgehead atoms. The number of aryl methyl sites for hydroxylation is 1. The molecule has 0 aliphatic rings. The molecule has 108 valence electrons. The predicted octanol–water partition coefficient (Wildman–Crippen LogP) is 2.39. The van der Waals surface area contributed by atoms with Crippen LogP contribution in [0.4, 0.5) is 0 Å². The van der Waals surface area contributed by atoms with Gasteiger partial charge in [-0.05, 0) is 18.6 Å². The van der Waals surface area contributed by atoms with Gasteiger partial charge in [0.1, 0.15) is 17.6 Å². The van der Waals surface area contributed by atoms with Crippen LogP contribution in [-0.4, -0.2) is 29.1 Å². The number of rotatable bonds is 6. The van der Waals surface area contributed by atoms with Gasteiger partial charge < -0.3 is 14.6 Å². The lowest BCUT2D eigenvalue weighted by molar-refractivity contribution is 0.208. The summed E-state index contributed by atoms with van der Waals surface area (Å²) in [4.78, 5) is 0. The molecule has 0 saturated carbocycles. The van der Waals surface area contributed by atoms with E-state index in [1.165, 1.54) is 0 Å². The maximum Gasteiger partial charge on any atom is 0.128 e. The van der Waals surface area contributed by atoms with Crippen LogP contribution in [0.25, 0.3) is 0 Å². The number of aliphatic hydroxyl groups excluding tert-OH is 1. The summed E-state index contributed by atoms with van der Waals surface area (Å²) in [7, 11) is 3.15. The van der Waals surface area contributed by atoms with E-state index in [4.69, 9.17) is 9.47 Å². The summed E-state index contributed by atoms with van der Waals surface area (Å²) in [5.41, 5.74) is 1.34. The van der Waals surface area contributed by atoms with Gasteiger partial charge in [0.25, 0.3) is 0 Å². The molecule has 1 N–H and O–H groups in total. The first-order valence-electron chi connectivity index (χ1n) is 6.62. The Labute approximate surface area is 118 Å². The van der Waals surface area contributed by atoms with Gasteiger partial charge in [-0.3, -0.25) is 4.68 Å². The molecule has 1 heterocycles. The summed E-state index contributed by atoms with van der Waals surface area (Å²) >= 11 is 0. The van der Waals surface area contributed by atoms with Crippen LogP contribution in [0.1, 0.15) is 30.6 Å². The van der Waals surface area contributed by atoms with Crippen molar-refractivity contribution in [3.8, 4) is 11.5 Å². The Morgan fingerprint density at radius 1 is 1.25 bits per heavy atom. The van der Waals surface area contributed by atoms with Crippen LogP contribution in [0.2, 0.25) is 0 Å². The maximum atomic E-state index is 10.6. The van der Waals surface area contributed by atoms with Crippen molar-refractivity contribution in [2.75, 3.05) is 14.2 Å². The van der Waals surface area contributed by atoms with Crippen LogP contribution in [0, 0.1) is 0 Å². The van der Waals surface area contributed by atoms with Crippen molar-refractivity contribution in [2.24, 2.45) is 0 Å². The van der Waals surface area contributed by atoms with E-state index in [9.17, 15) is 5.11 Å². The fourth-order valence-electron chi connectivity index (χ4n) is 2.19. The van der Waals surface area contributed by atoms with Gasteiger partial charge in [0, 0.05) is 18.3 Å². The van der Waals surface area contributed by atoms with Crippen molar-refractivity contribution < 1.29 is 14.6 Å². The Balaban J connectivity index is 2.38. The molecular weight excluding hydrogens is 256 g/mol. The van der Waals surface area contributed by atoms with Crippen molar-refractivity contribution >= 4 is 0 Å². The van der Waals surface area contributed by atoms with Crippen LogP contribution < -0.4 is 9.47 Å². The van der Waals surface area contributed by atoms with E-state index in [0.29, 0.717) is 17.1 Å². The van der Waals surface area contributed by atoms with Crippen molar-refractivity contribution in [1.29, 1.82) is 0 Å². The zero-order valence-electron chi connectivity index (χ0n) is 12.0. The molecule has 0 aliphatic carbocycles. The minimum absolute atomic E-state index is 0.597. The molecule has 0 fully saturated rings. The molecule has 20 heavy (non-hydrogen) atoms. The summed E-state index contributed by atoms with van der Waals surface area (Å²) in [5.74, 6) is 1.19. The lowest BCUT2D eigenvalue weighted by Crippen LogP contribution is -2.04. The lowest BCUT2D eigenvalue weighted by atomic mass is 10.0. The van der Waals surface area contributed by atoms with Gasteiger partial charge >= 0.3 is 0 Å². The average molecular weight is 276 g/mol. The van der Waals surface area contributed by atoms with E-state index in [-0.39, 0.29) is 0 Å². The molecule has 1 aromatic carbocycles. The van der Waals surface area contributed by atoms with Crippen LogP contribution in [0.15, 0.2) is 30.6 Å². The van der Waals surface area contributed by atoms with Crippen molar-refractivity contribution in [2.45, 2.75) is 26.0 Å². The molecule has 0 saturated heterocycles. The number of nitrogens with zero attached hydrogens (tertiary/aromatic N) is 2. The van der Waals surface area contributed by atoms with Crippen LogP contribution in [0.3, 0.4) is 0 Å². The fraction of sp³-hybridized carbons (Fsp3) is 0.400. The smallest absolute Gasteiger partial charge is 0.128 e. The van der Waals surface area contributed by atoms with E-state index in [1.54, 1.807) is 32.5 Å². The molecule has 0 radical (unpaired) electrons. The molecular formula is C15H20N2O3. The molecule has 5 nitrogen and oxygen atoms in total. The highest BCUT2D eigenvalue weighted by atomic mass is 16.5. The minimum atomic E-state index is -0.827. The first-order valence-corrected chi connectivity index (χ1v) is 6.62. The second-order valence-corrected chi connectivity index (χ2v) is 4.52. The molecule has 0 amide bonds. The van der Waals surface area contributed by atoms with E-state index < -0.39 is 6.10 Å². The van der Waals surface area contributed by atoms with Gasteiger partial charge in [0.05, 0.1) is 26.0 Å². The number of aliphatic hydroxyl groups is 1. The maximum absolute atomic E-state index is 10.6. The number of hydrogen-bond donors (Lipinski definition) is 1. The third kappa shape index (κ3) is 2.77. The third-order valence-corrected chi connectivity index (χ3v) is 3.16. The SMILES string of the molecule is CCCn1cc(C(O)c2c(OC)cccc2OC)cn1. The largest absolute Gasteiger partial charge is 0.496 e. The normalized spacial score (nSPS) is 12.2. The van der Waals surface area contributed by atoms with E-state index in [0.717, 1.165) is 18.5 Å². The number of ether oxygens (including phenoxy) is 2. The van der Waals surface area contributed by atoms with Gasteiger partial charge in [-0.2, -0.15) is 5.10 Å². The molecule has 2 rings (SSSR count). The van der Waals surface area contributed by atoms with Gasteiger partial charge in [-0.15, -0.1) is 0 Å². The zero-order valence-corrected chi connectivity index (χ0v) is 12.0. The Kier molecular flexibility index (Phi) is 4.63. The van der Waals surface area contributed by atoms with Gasteiger partial charge in [0.15, 0.2) is 0 Å². The standard InChI is InChI=1S/C15H20N2O3/c1-4-8-17-10-11(9-16-17)15(18)14-12(19-2)6-5-7-13(14)20-3/h5-7,9-10,15,18H,4,8H2,1-3H3. The molecule has 1 unspecified atom stereocenters. The van der Waals surface area contributed by atoms with Crippen molar-refractivity contribution in [3.05, 3.63) is 41.7 Å². The molecule has 0 aliphatic heterocycles. The Bertz CT molecular complexity index is 544. The van der Waals surface area contributed by atoms with Gasteiger partial charge in [0.2, 0.25) is 0 Å². The monoisotopic (exact) mass is 276 g/mol. The van der Waals surface area contributed by atoms with Crippen LogP contribution in [-0.2, 0) is 6.54 Å². The second-order valence-electron chi connectivity index (χ2n) is 4.52. The summed E-state index contributed by atoms with van der Waals surface area (Å²) in [6, 6.07) is 5.43. The second kappa shape index (κ2) is 6.43. The van der Waals surface area contributed by atoms with E-state index in [1.807, 2.05) is 16.9 Å². The summed E-state index contributed by atoms with van der Waals surface area (Å²) in [5, 5.41) is 14.8. The highest BCUT2D eigenvalue weighted by Gasteiger charge is 2.21. The number of aromatic nitrogens is 2. The third-order valence-electron chi connectivity index (χ3n) is 3.16.